The number of fused-ring (bicyclic) bond motifs is 1. The van der Waals surface area contributed by atoms with E-state index in [4.69, 9.17) is 9.47 Å². The predicted octanol–water partition coefficient (Wildman–Crippen LogP) is 2.31. The summed E-state index contributed by atoms with van der Waals surface area (Å²) in [6.07, 6.45) is 0.0394. The van der Waals surface area contributed by atoms with E-state index in [1.54, 1.807) is 44.6 Å². The van der Waals surface area contributed by atoms with Gasteiger partial charge in [-0.1, -0.05) is 17.7 Å². The maximum atomic E-state index is 12.4. The molecule has 0 bridgehead atoms. The van der Waals surface area contributed by atoms with Gasteiger partial charge in [-0.25, -0.2) is 0 Å². The fourth-order valence-electron chi connectivity index (χ4n) is 3.10. The Morgan fingerprint density at radius 1 is 0.964 bits per heavy atom. The van der Waals surface area contributed by atoms with E-state index in [2.05, 4.69) is 5.32 Å². The number of aryl methyl sites for hydroxylation is 1. The van der Waals surface area contributed by atoms with Gasteiger partial charge < -0.3 is 14.8 Å². The van der Waals surface area contributed by atoms with Crippen LogP contribution in [0.5, 0.6) is 11.5 Å². The number of imide groups is 1. The van der Waals surface area contributed by atoms with E-state index in [0.717, 1.165) is 16.0 Å². The Hall–Kier alpha value is -3.35. The van der Waals surface area contributed by atoms with Gasteiger partial charge in [0.2, 0.25) is 5.91 Å². The van der Waals surface area contributed by atoms with E-state index in [0.29, 0.717) is 29.2 Å². The van der Waals surface area contributed by atoms with E-state index in [1.807, 2.05) is 13.0 Å². The van der Waals surface area contributed by atoms with Crippen molar-refractivity contribution in [2.24, 2.45) is 0 Å². The number of ether oxygens (including phenoxy) is 2. The number of hydrogen-bond acceptors (Lipinski definition) is 5. The number of methoxy groups -OCH3 is 2. The summed E-state index contributed by atoms with van der Waals surface area (Å²) in [6, 6.07) is 10.5. The molecule has 1 aliphatic rings. The molecule has 7 nitrogen and oxygen atoms in total. The first-order valence-corrected chi connectivity index (χ1v) is 8.89. The van der Waals surface area contributed by atoms with Crippen molar-refractivity contribution in [2.45, 2.75) is 19.9 Å². The molecule has 0 spiro atoms. The van der Waals surface area contributed by atoms with Gasteiger partial charge in [0, 0.05) is 19.5 Å². The minimum absolute atomic E-state index is 0.0394. The Kier molecular flexibility index (Phi) is 5.63. The fourth-order valence-corrected chi connectivity index (χ4v) is 3.10. The Balaban J connectivity index is 1.55. The van der Waals surface area contributed by atoms with Crippen LogP contribution in [0.4, 0.5) is 0 Å². The number of carbonyl (C=O) groups is 3. The summed E-state index contributed by atoms with van der Waals surface area (Å²) in [5.41, 5.74) is 2.55. The highest BCUT2D eigenvalue weighted by Crippen LogP contribution is 2.27. The lowest BCUT2D eigenvalue weighted by atomic mass is 10.1. The van der Waals surface area contributed by atoms with E-state index in [-0.39, 0.29) is 30.7 Å². The molecule has 0 radical (unpaired) electrons. The highest BCUT2D eigenvalue weighted by Gasteiger charge is 2.35. The second kappa shape index (κ2) is 8.12. The second-order valence-corrected chi connectivity index (χ2v) is 6.53. The van der Waals surface area contributed by atoms with E-state index < -0.39 is 0 Å². The average molecular weight is 382 g/mol. The standard InChI is InChI=1S/C21H22N2O5/c1-13-4-6-15-16(10-13)21(26)23(20(15)25)9-8-19(24)22-12-14-5-7-17(27-2)18(11-14)28-3/h4-7,10-11H,8-9,12H2,1-3H3,(H,22,24). The van der Waals surface area contributed by atoms with Crippen LogP contribution in [0.2, 0.25) is 0 Å². The molecule has 2 aromatic carbocycles. The van der Waals surface area contributed by atoms with Crippen LogP contribution in [-0.2, 0) is 11.3 Å². The van der Waals surface area contributed by atoms with Crippen molar-refractivity contribution in [3.8, 4) is 11.5 Å². The smallest absolute Gasteiger partial charge is 0.261 e. The second-order valence-electron chi connectivity index (χ2n) is 6.53. The average Bonchev–Trinajstić information content (AvgIpc) is 2.94. The maximum Gasteiger partial charge on any atom is 0.261 e. The topological polar surface area (TPSA) is 84.9 Å². The predicted molar refractivity (Wildman–Crippen MR) is 103 cm³/mol. The van der Waals surface area contributed by atoms with Gasteiger partial charge in [0.25, 0.3) is 11.8 Å². The molecule has 0 unspecified atom stereocenters. The summed E-state index contributed by atoms with van der Waals surface area (Å²) in [5, 5.41) is 2.79. The monoisotopic (exact) mass is 382 g/mol. The van der Waals surface area contributed by atoms with Crippen LogP contribution in [0.15, 0.2) is 36.4 Å². The molecule has 2 aromatic rings. The van der Waals surface area contributed by atoms with Crippen LogP contribution in [0.25, 0.3) is 0 Å². The molecule has 0 aliphatic carbocycles. The van der Waals surface area contributed by atoms with E-state index in [1.165, 1.54) is 0 Å². The van der Waals surface area contributed by atoms with Crippen LogP contribution in [0, 0.1) is 6.92 Å². The molecule has 1 aliphatic heterocycles. The molecule has 0 aromatic heterocycles. The molecule has 0 saturated carbocycles. The van der Waals surface area contributed by atoms with Crippen LogP contribution in [0.1, 0.15) is 38.3 Å². The van der Waals surface area contributed by atoms with Gasteiger partial charge in [0.15, 0.2) is 11.5 Å². The molecule has 0 saturated heterocycles. The van der Waals surface area contributed by atoms with Gasteiger partial charge in [0.05, 0.1) is 25.3 Å². The SMILES string of the molecule is COc1ccc(CNC(=O)CCN2C(=O)c3ccc(C)cc3C2=O)cc1OC. The van der Waals surface area contributed by atoms with Crippen LogP contribution < -0.4 is 14.8 Å². The first kappa shape index (κ1) is 19.4. The largest absolute Gasteiger partial charge is 0.493 e. The van der Waals surface area contributed by atoms with Gasteiger partial charge in [-0.2, -0.15) is 0 Å². The Morgan fingerprint density at radius 2 is 1.68 bits per heavy atom. The number of nitrogens with one attached hydrogen (secondary N) is 1. The zero-order valence-corrected chi connectivity index (χ0v) is 16.1. The normalized spacial score (nSPS) is 12.8. The molecule has 146 valence electrons. The molecular weight excluding hydrogens is 360 g/mol. The summed E-state index contributed by atoms with van der Waals surface area (Å²) in [7, 11) is 3.10. The van der Waals surface area contributed by atoms with Gasteiger partial charge in [-0.15, -0.1) is 0 Å². The van der Waals surface area contributed by atoms with Crippen LogP contribution in [0.3, 0.4) is 0 Å². The third-order valence-electron chi connectivity index (χ3n) is 4.63. The third-order valence-corrected chi connectivity index (χ3v) is 4.63. The quantitative estimate of drug-likeness (QED) is 0.743. The van der Waals surface area contributed by atoms with Crippen LogP contribution >= 0.6 is 0 Å². The van der Waals surface area contributed by atoms with Gasteiger partial charge in [0.1, 0.15) is 0 Å². The van der Waals surface area contributed by atoms with Crippen molar-refractivity contribution in [1.82, 2.24) is 10.2 Å². The summed E-state index contributed by atoms with van der Waals surface area (Å²) >= 11 is 0. The van der Waals surface area contributed by atoms with Crippen molar-refractivity contribution >= 4 is 17.7 Å². The molecule has 1 heterocycles. The van der Waals surface area contributed by atoms with Gasteiger partial charge in [-0.05, 0) is 36.8 Å². The molecule has 0 atom stereocenters. The highest BCUT2D eigenvalue weighted by molar-refractivity contribution is 6.21. The molecule has 3 rings (SSSR count). The number of carbonyl (C=O) groups excluding carboxylic acids is 3. The van der Waals surface area contributed by atoms with E-state index >= 15 is 0 Å². The minimum atomic E-state index is -0.354. The molecule has 3 amide bonds. The van der Waals surface area contributed by atoms with Gasteiger partial charge >= 0.3 is 0 Å². The summed E-state index contributed by atoms with van der Waals surface area (Å²) in [5.74, 6) is 0.237. The highest BCUT2D eigenvalue weighted by atomic mass is 16.5. The molecular formula is C21H22N2O5. The number of nitrogens with zero attached hydrogens (tertiary/aromatic N) is 1. The van der Waals surface area contributed by atoms with E-state index in [9.17, 15) is 14.4 Å². The molecule has 7 heteroatoms. The fraction of sp³-hybridized carbons (Fsp3) is 0.286. The summed E-state index contributed by atoms with van der Waals surface area (Å²) in [6.45, 7) is 2.21. The zero-order chi connectivity index (χ0) is 20.3. The molecule has 0 fully saturated rings. The summed E-state index contributed by atoms with van der Waals surface area (Å²) in [4.78, 5) is 38.1. The lowest BCUT2D eigenvalue weighted by molar-refractivity contribution is -0.121. The number of rotatable bonds is 7. The first-order valence-electron chi connectivity index (χ1n) is 8.89. The van der Waals surface area contributed by atoms with Crippen molar-refractivity contribution in [3.05, 3.63) is 58.7 Å². The zero-order valence-electron chi connectivity index (χ0n) is 16.1. The summed E-state index contributed by atoms with van der Waals surface area (Å²) < 4.78 is 10.4. The lowest BCUT2D eigenvalue weighted by Crippen LogP contribution is -2.34. The Labute approximate surface area is 163 Å². The first-order chi connectivity index (χ1) is 13.4. The Bertz CT molecular complexity index is 938. The number of benzene rings is 2. The lowest BCUT2D eigenvalue weighted by Gasteiger charge is -2.14. The van der Waals surface area contributed by atoms with Crippen molar-refractivity contribution in [1.29, 1.82) is 0 Å². The number of amides is 3. The Morgan fingerprint density at radius 3 is 2.39 bits per heavy atom. The van der Waals surface area contributed by atoms with Crippen LogP contribution in [-0.4, -0.2) is 43.4 Å². The third kappa shape index (κ3) is 3.83. The van der Waals surface area contributed by atoms with Crippen molar-refractivity contribution in [2.75, 3.05) is 20.8 Å². The molecule has 1 N–H and O–H groups in total. The van der Waals surface area contributed by atoms with Crippen molar-refractivity contribution < 1.29 is 23.9 Å². The maximum absolute atomic E-state index is 12.4. The minimum Gasteiger partial charge on any atom is -0.493 e. The van der Waals surface area contributed by atoms with Gasteiger partial charge in [-0.3, -0.25) is 19.3 Å². The number of hydrogen-bond donors (Lipinski definition) is 1. The molecule has 28 heavy (non-hydrogen) atoms. The van der Waals surface area contributed by atoms with Crippen molar-refractivity contribution in [3.63, 3.8) is 0 Å².